The molecule has 0 aliphatic carbocycles. The molecule has 1 amide bonds. The topological polar surface area (TPSA) is 54.9 Å². The lowest BCUT2D eigenvalue weighted by Gasteiger charge is -2.14. The van der Waals surface area contributed by atoms with Gasteiger partial charge in [0.2, 0.25) is 0 Å². The maximum Gasteiger partial charge on any atom is 0.259 e. The van der Waals surface area contributed by atoms with Gasteiger partial charge in [0.1, 0.15) is 5.15 Å². The minimum Gasteiger partial charge on any atom is -0.298 e. The van der Waals surface area contributed by atoms with Crippen LogP contribution in [-0.4, -0.2) is 15.9 Å². The molecule has 2 rings (SSSR count). The molecule has 4 nitrogen and oxygen atoms in total. The van der Waals surface area contributed by atoms with Crippen molar-refractivity contribution in [2.45, 2.75) is 26.2 Å². The van der Waals surface area contributed by atoms with E-state index in [9.17, 15) is 4.79 Å². The average molecular weight is 330 g/mol. The van der Waals surface area contributed by atoms with Crippen molar-refractivity contribution in [2.75, 3.05) is 5.32 Å². The lowest BCUT2D eigenvalue weighted by Crippen LogP contribution is -2.14. The highest BCUT2D eigenvalue weighted by atomic mass is 35.5. The Kier molecular flexibility index (Phi) is 4.32. The maximum absolute atomic E-state index is 12.1. The normalized spacial score (nSPS) is 11.4. The number of nitrogens with zero attached hydrogens (tertiary/aromatic N) is 2. The summed E-state index contributed by atoms with van der Waals surface area (Å²) in [5.74, 6) is -0.353. The summed E-state index contributed by atoms with van der Waals surface area (Å²) in [5.41, 5.74) is 1.15. The van der Waals surface area contributed by atoms with E-state index in [-0.39, 0.29) is 27.1 Å². The van der Waals surface area contributed by atoms with Gasteiger partial charge in [0, 0.05) is 17.0 Å². The molecule has 0 bridgehead atoms. The molecule has 0 aromatic carbocycles. The van der Waals surface area contributed by atoms with Crippen molar-refractivity contribution < 1.29 is 4.79 Å². The van der Waals surface area contributed by atoms with Crippen molar-refractivity contribution >= 4 is 45.6 Å². The van der Waals surface area contributed by atoms with E-state index in [0.717, 1.165) is 5.69 Å². The largest absolute Gasteiger partial charge is 0.298 e. The number of pyridine rings is 1. The Morgan fingerprint density at radius 1 is 1.35 bits per heavy atom. The van der Waals surface area contributed by atoms with Gasteiger partial charge in [0.15, 0.2) is 5.13 Å². The van der Waals surface area contributed by atoms with Crippen LogP contribution >= 0.6 is 34.5 Å². The number of aromatic nitrogens is 2. The molecule has 2 aromatic heterocycles. The SMILES string of the molecule is CC(C)(C)c1csc(NC(=O)c2cc(Cl)ncc2Cl)n1. The molecule has 0 unspecified atom stereocenters. The van der Waals surface area contributed by atoms with Crippen molar-refractivity contribution in [2.24, 2.45) is 0 Å². The van der Waals surface area contributed by atoms with Gasteiger partial charge < -0.3 is 0 Å². The first-order chi connectivity index (χ1) is 9.27. The smallest absolute Gasteiger partial charge is 0.259 e. The number of carbonyl (C=O) groups excluding carboxylic acids is 1. The molecule has 20 heavy (non-hydrogen) atoms. The minimum atomic E-state index is -0.353. The second kappa shape index (κ2) is 5.68. The zero-order chi connectivity index (χ0) is 14.9. The third kappa shape index (κ3) is 3.48. The summed E-state index contributed by atoms with van der Waals surface area (Å²) in [4.78, 5) is 20.3. The van der Waals surface area contributed by atoms with Gasteiger partial charge in [-0.3, -0.25) is 10.1 Å². The summed E-state index contributed by atoms with van der Waals surface area (Å²) in [7, 11) is 0. The number of anilines is 1. The predicted octanol–water partition coefficient (Wildman–Crippen LogP) is 4.39. The van der Waals surface area contributed by atoms with Gasteiger partial charge >= 0.3 is 0 Å². The summed E-state index contributed by atoms with van der Waals surface area (Å²) in [6, 6.07) is 1.43. The number of hydrogen-bond acceptors (Lipinski definition) is 4. The van der Waals surface area contributed by atoms with Gasteiger partial charge in [-0.2, -0.15) is 0 Å². The molecule has 0 atom stereocenters. The van der Waals surface area contributed by atoms with Crippen LogP contribution in [0.4, 0.5) is 5.13 Å². The van der Waals surface area contributed by atoms with E-state index in [0.29, 0.717) is 5.13 Å². The van der Waals surface area contributed by atoms with Crippen molar-refractivity contribution in [3.05, 3.63) is 39.1 Å². The molecule has 0 spiro atoms. The van der Waals surface area contributed by atoms with Crippen LogP contribution in [-0.2, 0) is 5.41 Å². The quantitative estimate of drug-likeness (QED) is 0.831. The Bertz CT molecular complexity index is 649. The van der Waals surface area contributed by atoms with Gasteiger partial charge in [0.05, 0.1) is 16.3 Å². The first-order valence-electron chi connectivity index (χ1n) is 5.86. The lowest BCUT2D eigenvalue weighted by molar-refractivity contribution is 0.102. The van der Waals surface area contributed by atoms with Gasteiger partial charge in [-0.25, -0.2) is 9.97 Å². The average Bonchev–Trinajstić information content (AvgIpc) is 2.80. The Morgan fingerprint density at radius 3 is 2.65 bits per heavy atom. The number of rotatable bonds is 2. The highest BCUT2D eigenvalue weighted by Gasteiger charge is 2.19. The first-order valence-corrected chi connectivity index (χ1v) is 7.49. The lowest BCUT2D eigenvalue weighted by atomic mass is 9.93. The fourth-order valence-corrected chi connectivity index (χ4v) is 2.71. The number of amides is 1. The van der Waals surface area contributed by atoms with Gasteiger partial charge in [-0.15, -0.1) is 11.3 Å². The van der Waals surface area contributed by atoms with Crippen LogP contribution in [0.2, 0.25) is 10.2 Å². The van der Waals surface area contributed by atoms with E-state index in [2.05, 4.69) is 36.1 Å². The van der Waals surface area contributed by atoms with Crippen LogP contribution in [0.3, 0.4) is 0 Å². The summed E-state index contributed by atoms with van der Waals surface area (Å²) >= 11 is 13.1. The third-order valence-electron chi connectivity index (χ3n) is 2.56. The Balaban J connectivity index is 2.20. The number of hydrogen-bond donors (Lipinski definition) is 1. The summed E-state index contributed by atoms with van der Waals surface area (Å²) in [6.07, 6.45) is 1.35. The predicted molar refractivity (Wildman–Crippen MR) is 83.0 cm³/mol. The van der Waals surface area contributed by atoms with Gasteiger partial charge in [0.25, 0.3) is 5.91 Å². The van der Waals surface area contributed by atoms with E-state index in [1.807, 2.05) is 5.38 Å². The third-order valence-corrected chi connectivity index (χ3v) is 3.83. The van der Waals surface area contributed by atoms with Crippen molar-refractivity contribution in [3.8, 4) is 0 Å². The standard InChI is InChI=1S/C13H13Cl2N3OS/c1-13(2,3)9-6-20-12(17-9)18-11(19)7-4-10(15)16-5-8(7)14/h4-6H,1-3H3,(H,17,18,19). The highest BCUT2D eigenvalue weighted by Crippen LogP contribution is 2.27. The van der Waals surface area contributed by atoms with Crippen molar-refractivity contribution in [1.82, 2.24) is 9.97 Å². The van der Waals surface area contributed by atoms with Crippen molar-refractivity contribution in [3.63, 3.8) is 0 Å². The van der Waals surface area contributed by atoms with Crippen LogP contribution in [0.25, 0.3) is 0 Å². The fraction of sp³-hybridized carbons (Fsp3) is 0.308. The second-order valence-corrected chi connectivity index (χ2v) is 6.88. The molecule has 2 heterocycles. The van der Waals surface area contributed by atoms with E-state index in [4.69, 9.17) is 23.2 Å². The molecule has 0 fully saturated rings. The molecule has 1 N–H and O–H groups in total. The van der Waals surface area contributed by atoms with Crippen LogP contribution in [0, 0.1) is 0 Å². The highest BCUT2D eigenvalue weighted by molar-refractivity contribution is 7.14. The minimum absolute atomic E-state index is 0.0584. The van der Waals surface area contributed by atoms with E-state index >= 15 is 0 Å². The fourth-order valence-electron chi connectivity index (χ4n) is 1.43. The summed E-state index contributed by atoms with van der Waals surface area (Å²) in [6.45, 7) is 6.19. The van der Waals surface area contributed by atoms with E-state index in [1.165, 1.54) is 23.6 Å². The molecular weight excluding hydrogens is 317 g/mol. The maximum atomic E-state index is 12.1. The van der Waals surface area contributed by atoms with Gasteiger partial charge in [-0.05, 0) is 6.07 Å². The summed E-state index contributed by atoms with van der Waals surface area (Å²) in [5, 5.41) is 5.64. The molecule has 0 aliphatic rings. The molecule has 0 saturated heterocycles. The number of halogens is 2. The molecule has 0 saturated carbocycles. The second-order valence-electron chi connectivity index (χ2n) is 5.23. The van der Waals surface area contributed by atoms with Crippen molar-refractivity contribution in [1.29, 1.82) is 0 Å². The van der Waals surface area contributed by atoms with Crippen LogP contribution in [0.15, 0.2) is 17.6 Å². The van der Waals surface area contributed by atoms with Crippen LogP contribution in [0.1, 0.15) is 36.8 Å². The molecule has 2 aromatic rings. The first kappa shape index (κ1) is 15.2. The molecular formula is C13H13Cl2N3OS. The van der Waals surface area contributed by atoms with Crippen LogP contribution in [0.5, 0.6) is 0 Å². The zero-order valence-corrected chi connectivity index (χ0v) is 13.5. The Morgan fingerprint density at radius 2 is 2.05 bits per heavy atom. The monoisotopic (exact) mass is 329 g/mol. The number of carbonyl (C=O) groups is 1. The zero-order valence-electron chi connectivity index (χ0n) is 11.2. The van der Waals surface area contributed by atoms with E-state index in [1.54, 1.807) is 0 Å². The number of nitrogens with one attached hydrogen (secondary N) is 1. The summed E-state index contributed by atoms with van der Waals surface area (Å²) < 4.78 is 0. The molecule has 7 heteroatoms. The van der Waals surface area contributed by atoms with Crippen LogP contribution < -0.4 is 5.32 Å². The van der Waals surface area contributed by atoms with Gasteiger partial charge in [-0.1, -0.05) is 44.0 Å². The Hall–Kier alpha value is -1.17. The Labute approximate surface area is 131 Å². The molecule has 0 radical (unpaired) electrons. The van der Waals surface area contributed by atoms with E-state index < -0.39 is 0 Å². The molecule has 106 valence electrons. The number of thiazole rings is 1. The molecule has 0 aliphatic heterocycles.